The molecule has 8 heteroatoms. The molecule has 0 saturated carbocycles. The van der Waals surface area contributed by atoms with Gasteiger partial charge >= 0.3 is 0 Å². The third-order valence-electron chi connectivity index (χ3n) is 3.66. The SMILES string of the molecule is COc1ccc(S(=O)(=O)NCCNC(=O)CCc2ccc(Cl)cc2)cc1. The van der Waals surface area contributed by atoms with E-state index in [1.807, 2.05) is 12.1 Å². The fourth-order valence-electron chi connectivity index (χ4n) is 2.22. The number of nitrogens with one attached hydrogen (secondary N) is 2. The maximum absolute atomic E-state index is 12.1. The summed E-state index contributed by atoms with van der Waals surface area (Å²) >= 11 is 5.81. The monoisotopic (exact) mass is 396 g/mol. The molecule has 0 saturated heterocycles. The van der Waals surface area contributed by atoms with Crippen LogP contribution in [0.25, 0.3) is 0 Å². The van der Waals surface area contributed by atoms with Crippen LogP contribution in [0.15, 0.2) is 53.4 Å². The Balaban J connectivity index is 1.71. The average Bonchev–Trinajstić information content (AvgIpc) is 2.65. The van der Waals surface area contributed by atoms with Gasteiger partial charge in [0.15, 0.2) is 0 Å². The summed E-state index contributed by atoms with van der Waals surface area (Å²) in [5.41, 5.74) is 1.02. The van der Waals surface area contributed by atoms with Gasteiger partial charge in [-0.1, -0.05) is 23.7 Å². The van der Waals surface area contributed by atoms with Crippen LogP contribution in [-0.4, -0.2) is 34.5 Å². The Bertz CT molecular complexity index is 821. The van der Waals surface area contributed by atoms with Gasteiger partial charge in [0.1, 0.15) is 5.75 Å². The molecule has 2 aromatic carbocycles. The number of sulfonamides is 1. The van der Waals surface area contributed by atoms with Crippen LogP contribution in [0.5, 0.6) is 5.75 Å². The molecule has 0 atom stereocenters. The Labute approximate surface area is 158 Å². The van der Waals surface area contributed by atoms with Gasteiger partial charge in [-0.2, -0.15) is 0 Å². The van der Waals surface area contributed by atoms with Crippen molar-refractivity contribution in [3.05, 3.63) is 59.1 Å². The highest BCUT2D eigenvalue weighted by atomic mass is 35.5. The zero-order chi connectivity index (χ0) is 19.0. The van der Waals surface area contributed by atoms with Crippen molar-refractivity contribution in [1.29, 1.82) is 0 Å². The second kappa shape index (κ2) is 9.56. The van der Waals surface area contributed by atoms with Crippen molar-refractivity contribution >= 4 is 27.5 Å². The number of carbonyl (C=O) groups is 1. The van der Waals surface area contributed by atoms with E-state index in [-0.39, 0.29) is 23.9 Å². The van der Waals surface area contributed by atoms with Crippen LogP contribution >= 0.6 is 11.6 Å². The maximum atomic E-state index is 12.1. The number of methoxy groups -OCH3 is 1. The number of rotatable bonds is 9. The molecule has 2 aromatic rings. The first-order valence-electron chi connectivity index (χ1n) is 8.05. The molecule has 0 aliphatic carbocycles. The molecule has 26 heavy (non-hydrogen) atoms. The van der Waals surface area contributed by atoms with Crippen LogP contribution in [0.3, 0.4) is 0 Å². The molecule has 0 fully saturated rings. The van der Waals surface area contributed by atoms with E-state index in [2.05, 4.69) is 10.0 Å². The smallest absolute Gasteiger partial charge is 0.240 e. The molecule has 6 nitrogen and oxygen atoms in total. The maximum Gasteiger partial charge on any atom is 0.240 e. The molecular formula is C18H21ClN2O4S. The Morgan fingerprint density at radius 3 is 2.31 bits per heavy atom. The number of ether oxygens (including phenoxy) is 1. The Kier molecular flexibility index (Phi) is 7.44. The lowest BCUT2D eigenvalue weighted by Gasteiger charge is -2.09. The van der Waals surface area contributed by atoms with Crippen LogP contribution in [0.1, 0.15) is 12.0 Å². The van der Waals surface area contributed by atoms with Crippen LogP contribution in [0.2, 0.25) is 5.02 Å². The second-order valence-electron chi connectivity index (χ2n) is 5.55. The van der Waals surface area contributed by atoms with Gasteiger partial charge in [-0.15, -0.1) is 0 Å². The van der Waals surface area contributed by atoms with Crippen molar-refractivity contribution in [1.82, 2.24) is 10.0 Å². The minimum absolute atomic E-state index is 0.112. The molecule has 0 aliphatic rings. The third-order valence-corrected chi connectivity index (χ3v) is 5.39. The quantitative estimate of drug-likeness (QED) is 0.637. The number of hydrogen-bond donors (Lipinski definition) is 2. The minimum atomic E-state index is -3.61. The van der Waals surface area contributed by atoms with Crippen molar-refractivity contribution in [3.63, 3.8) is 0 Å². The minimum Gasteiger partial charge on any atom is -0.497 e. The van der Waals surface area contributed by atoms with Crippen LogP contribution in [0.4, 0.5) is 0 Å². The third kappa shape index (κ3) is 6.33. The summed E-state index contributed by atoms with van der Waals surface area (Å²) in [6.07, 6.45) is 0.924. The topological polar surface area (TPSA) is 84.5 Å². The highest BCUT2D eigenvalue weighted by Crippen LogP contribution is 2.15. The van der Waals surface area contributed by atoms with Gasteiger partial charge < -0.3 is 10.1 Å². The molecule has 0 radical (unpaired) electrons. The molecular weight excluding hydrogens is 376 g/mol. The van der Waals surface area contributed by atoms with E-state index < -0.39 is 10.0 Å². The Hall–Kier alpha value is -2.09. The number of benzene rings is 2. The van der Waals surface area contributed by atoms with E-state index in [0.29, 0.717) is 23.6 Å². The van der Waals surface area contributed by atoms with E-state index in [4.69, 9.17) is 16.3 Å². The Morgan fingerprint density at radius 2 is 1.69 bits per heavy atom. The summed E-state index contributed by atoms with van der Waals surface area (Å²) in [4.78, 5) is 12.0. The first-order chi connectivity index (χ1) is 12.4. The molecule has 1 amide bonds. The predicted molar refractivity (Wildman–Crippen MR) is 101 cm³/mol. The number of aryl methyl sites for hydroxylation is 1. The van der Waals surface area contributed by atoms with E-state index >= 15 is 0 Å². The molecule has 140 valence electrons. The lowest BCUT2D eigenvalue weighted by molar-refractivity contribution is -0.121. The van der Waals surface area contributed by atoms with E-state index in [1.165, 1.54) is 19.2 Å². The largest absolute Gasteiger partial charge is 0.497 e. The molecule has 0 spiro atoms. The first-order valence-corrected chi connectivity index (χ1v) is 9.92. The van der Waals surface area contributed by atoms with Crippen LogP contribution < -0.4 is 14.8 Å². The molecule has 2 N–H and O–H groups in total. The highest BCUT2D eigenvalue weighted by molar-refractivity contribution is 7.89. The molecule has 0 aliphatic heterocycles. The van der Waals surface area contributed by atoms with Crippen LogP contribution in [-0.2, 0) is 21.2 Å². The van der Waals surface area contributed by atoms with E-state index in [9.17, 15) is 13.2 Å². The lowest BCUT2D eigenvalue weighted by atomic mass is 10.1. The van der Waals surface area contributed by atoms with Gasteiger partial charge in [-0.3, -0.25) is 4.79 Å². The Morgan fingerprint density at radius 1 is 1.04 bits per heavy atom. The van der Waals surface area contributed by atoms with Gasteiger partial charge in [0, 0.05) is 24.5 Å². The highest BCUT2D eigenvalue weighted by Gasteiger charge is 2.13. The average molecular weight is 397 g/mol. The first kappa shape index (κ1) is 20.2. The van der Waals surface area contributed by atoms with Crippen molar-refractivity contribution in [2.45, 2.75) is 17.7 Å². The summed E-state index contributed by atoms with van der Waals surface area (Å²) in [6, 6.07) is 13.4. The normalized spacial score (nSPS) is 11.2. The molecule has 0 heterocycles. The number of halogens is 1. The van der Waals surface area contributed by atoms with Crippen molar-refractivity contribution in [2.75, 3.05) is 20.2 Å². The molecule has 0 unspecified atom stereocenters. The van der Waals surface area contributed by atoms with Crippen molar-refractivity contribution in [3.8, 4) is 5.75 Å². The summed E-state index contributed by atoms with van der Waals surface area (Å²) in [6.45, 7) is 0.329. The zero-order valence-corrected chi connectivity index (χ0v) is 15.9. The van der Waals surface area contributed by atoms with Gasteiger partial charge in [0.05, 0.1) is 12.0 Å². The second-order valence-corrected chi connectivity index (χ2v) is 7.75. The van der Waals surface area contributed by atoms with Gasteiger partial charge in [-0.05, 0) is 48.4 Å². The summed E-state index contributed by atoms with van der Waals surface area (Å²) in [5.74, 6) is 0.445. The predicted octanol–water partition coefficient (Wildman–Crippen LogP) is 2.38. The lowest BCUT2D eigenvalue weighted by Crippen LogP contribution is -2.34. The van der Waals surface area contributed by atoms with Crippen LogP contribution in [0, 0.1) is 0 Å². The van der Waals surface area contributed by atoms with E-state index in [1.54, 1.807) is 24.3 Å². The van der Waals surface area contributed by atoms with Crippen molar-refractivity contribution < 1.29 is 17.9 Å². The van der Waals surface area contributed by atoms with E-state index in [0.717, 1.165) is 5.56 Å². The standard InChI is InChI=1S/C18H21ClN2O4S/c1-25-16-7-9-17(10-8-16)26(23,24)21-13-12-20-18(22)11-4-14-2-5-15(19)6-3-14/h2-3,5-10,21H,4,11-13H2,1H3,(H,20,22). The molecule has 2 rings (SSSR count). The van der Waals surface area contributed by atoms with Gasteiger partial charge in [-0.25, -0.2) is 13.1 Å². The number of amides is 1. The fourth-order valence-corrected chi connectivity index (χ4v) is 3.38. The number of carbonyl (C=O) groups excluding carboxylic acids is 1. The van der Waals surface area contributed by atoms with Gasteiger partial charge in [0.25, 0.3) is 0 Å². The summed E-state index contributed by atoms with van der Waals surface area (Å²) in [5, 5.41) is 3.35. The number of hydrogen-bond acceptors (Lipinski definition) is 4. The fraction of sp³-hybridized carbons (Fsp3) is 0.278. The summed E-state index contributed by atoms with van der Waals surface area (Å²) < 4.78 is 31.7. The molecule has 0 aromatic heterocycles. The summed E-state index contributed by atoms with van der Waals surface area (Å²) in [7, 11) is -2.10. The van der Waals surface area contributed by atoms with Crippen molar-refractivity contribution in [2.24, 2.45) is 0 Å². The molecule has 0 bridgehead atoms. The van der Waals surface area contributed by atoms with Gasteiger partial charge in [0.2, 0.25) is 15.9 Å². The zero-order valence-electron chi connectivity index (χ0n) is 14.4.